The van der Waals surface area contributed by atoms with E-state index >= 15 is 0 Å². The van der Waals surface area contributed by atoms with Crippen LogP contribution < -0.4 is 15.4 Å². The number of nitrogens with one attached hydrogen (secondary N) is 2. The Morgan fingerprint density at radius 2 is 1.79 bits per heavy atom. The van der Waals surface area contributed by atoms with Crippen molar-refractivity contribution in [3.8, 4) is 6.01 Å². The number of ether oxygens (including phenoxy) is 1. The third-order valence-electron chi connectivity index (χ3n) is 2.12. The fourth-order valence-electron chi connectivity index (χ4n) is 1.18. The first-order valence-electron chi connectivity index (χ1n) is 6.13. The van der Waals surface area contributed by atoms with Gasteiger partial charge < -0.3 is 20.3 Å². The standard InChI is InChI=1S/C11H20N6O2/c1-5-12-9-14-10(13-7-8(18)17(3)4)16-11(15-9)19-6-2/h5-7H2,1-4H3,(H2,12,13,14,15,16). The van der Waals surface area contributed by atoms with Gasteiger partial charge in [-0.2, -0.15) is 15.0 Å². The van der Waals surface area contributed by atoms with Crippen LogP contribution >= 0.6 is 0 Å². The molecule has 1 heterocycles. The highest BCUT2D eigenvalue weighted by Crippen LogP contribution is 2.10. The number of likely N-dealkylation sites (N-methyl/N-ethyl adjacent to an activating group) is 1. The van der Waals surface area contributed by atoms with Gasteiger partial charge in [-0.05, 0) is 13.8 Å². The van der Waals surface area contributed by atoms with E-state index in [9.17, 15) is 4.79 Å². The van der Waals surface area contributed by atoms with Crippen molar-refractivity contribution in [2.45, 2.75) is 13.8 Å². The first-order chi connectivity index (χ1) is 9.06. The number of anilines is 2. The largest absolute Gasteiger partial charge is 0.464 e. The minimum absolute atomic E-state index is 0.0663. The Hall–Kier alpha value is -2.12. The van der Waals surface area contributed by atoms with Gasteiger partial charge in [0.15, 0.2) is 0 Å². The van der Waals surface area contributed by atoms with Crippen LogP contribution in [0.15, 0.2) is 0 Å². The van der Waals surface area contributed by atoms with Crippen molar-refractivity contribution < 1.29 is 9.53 Å². The lowest BCUT2D eigenvalue weighted by atomic mass is 10.5. The molecule has 19 heavy (non-hydrogen) atoms. The molecule has 0 saturated carbocycles. The SMILES string of the molecule is CCNc1nc(NCC(=O)N(C)C)nc(OCC)n1. The van der Waals surface area contributed by atoms with E-state index in [1.165, 1.54) is 4.90 Å². The summed E-state index contributed by atoms with van der Waals surface area (Å²) >= 11 is 0. The summed E-state index contributed by atoms with van der Waals surface area (Å²) < 4.78 is 5.25. The third kappa shape index (κ3) is 4.94. The molecule has 1 amide bonds. The van der Waals surface area contributed by atoms with Gasteiger partial charge in [-0.3, -0.25) is 4.79 Å². The molecule has 0 spiro atoms. The number of aromatic nitrogens is 3. The number of nitrogens with zero attached hydrogens (tertiary/aromatic N) is 4. The molecule has 0 aliphatic carbocycles. The van der Waals surface area contributed by atoms with Gasteiger partial charge in [-0.25, -0.2) is 0 Å². The van der Waals surface area contributed by atoms with Crippen LogP contribution in [0.4, 0.5) is 11.9 Å². The Labute approximate surface area is 112 Å². The van der Waals surface area contributed by atoms with E-state index in [4.69, 9.17) is 4.74 Å². The lowest BCUT2D eigenvalue weighted by molar-refractivity contribution is -0.126. The molecule has 8 heteroatoms. The Kier molecular flexibility index (Phi) is 5.77. The van der Waals surface area contributed by atoms with E-state index in [1.54, 1.807) is 14.1 Å². The first kappa shape index (κ1) is 14.9. The van der Waals surface area contributed by atoms with Crippen LogP contribution in [0.5, 0.6) is 6.01 Å². The summed E-state index contributed by atoms with van der Waals surface area (Å²) in [5, 5.41) is 5.83. The second kappa shape index (κ2) is 7.34. The fraction of sp³-hybridized carbons (Fsp3) is 0.636. The molecule has 0 aliphatic rings. The van der Waals surface area contributed by atoms with Crippen molar-refractivity contribution in [1.82, 2.24) is 19.9 Å². The van der Waals surface area contributed by atoms with E-state index in [1.807, 2.05) is 13.8 Å². The predicted molar refractivity (Wildman–Crippen MR) is 72.3 cm³/mol. The summed E-state index contributed by atoms with van der Waals surface area (Å²) in [7, 11) is 3.38. The highest BCUT2D eigenvalue weighted by molar-refractivity contribution is 5.79. The number of amides is 1. The monoisotopic (exact) mass is 268 g/mol. The minimum atomic E-state index is -0.0663. The number of hydrogen-bond donors (Lipinski definition) is 2. The van der Waals surface area contributed by atoms with E-state index in [0.717, 1.165) is 0 Å². The van der Waals surface area contributed by atoms with Crippen LogP contribution in [0, 0.1) is 0 Å². The number of hydrogen-bond acceptors (Lipinski definition) is 7. The summed E-state index contributed by atoms with van der Waals surface area (Å²) in [6.45, 7) is 5.05. The van der Waals surface area contributed by atoms with Crippen LogP contribution in [0.25, 0.3) is 0 Å². The summed E-state index contributed by atoms with van der Waals surface area (Å²) in [5.41, 5.74) is 0. The second-order valence-corrected chi connectivity index (χ2v) is 3.87. The van der Waals surface area contributed by atoms with Crippen LogP contribution in [-0.4, -0.2) is 59.6 Å². The molecule has 0 atom stereocenters. The molecule has 0 aliphatic heterocycles. The zero-order chi connectivity index (χ0) is 14.3. The van der Waals surface area contributed by atoms with Crippen molar-refractivity contribution in [2.75, 3.05) is 44.4 Å². The molecule has 2 N–H and O–H groups in total. The molecular formula is C11H20N6O2. The van der Waals surface area contributed by atoms with Crippen molar-refractivity contribution in [3.05, 3.63) is 0 Å². The number of carbonyl (C=O) groups excluding carboxylic acids is 1. The summed E-state index contributed by atoms with van der Waals surface area (Å²) in [6.07, 6.45) is 0. The normalized spacial score (nSPS) is 9.89. The van der Waals surface area contributed by atoms with E-state index in [-0.39, 0.29) is 18.5 Å². The average Bonchev–Trinajstić information content (AvgIpc) is 2.36. The maximum atomic E-state index is 11.5. The average molecular weight is 268 g/mol. The lowest BCUT2D eigenvalue weighted by Crippen LogP contribution is -2.29. The van der Waals surface area contributed by atoms with Gasteiger partial charge in [-0.15, -0.1) is 0 Å². The van der Waals surface area contributed by atoms with Crippen LogP contribution in [-0.2, 0) is 4.79 Å². The molecular weight excluding hydrogens is 248 g/mol. The molecule has 0 fully saturated rings. The molecule has 1 rings (SSSR count). The topological polar surface area (TPSA) is 92.3 Å². The van der Waals surface area contributed by atoms with Crippen LogP contribution in [0.1, 0.15) is 13.8 Å². The van der Waals surface area contributed by atoms with Gasteiger partial charge in [0.2, 0.25) is 17.8 Å². The molecule has 0 saturated heterocycles. The Morgan fingerprint density at radius 3 is 2.32 bits per heavy atom. The molecule has 0 radical (unpaired) electrons. The number of rotatable bonds is 7. The summed E-state index contributed by atoms with van der Waals surface area (Å²) in [5.74, 6) is 0.661. The van der Waals surface area contributed by atoms with E-state index in [0.29, 0.717) is 25.0 Å². The van der Waals surface area contributed by atoms with Gasteiger partial charge in [0.25, 0.3) is 0 Å². The van der Waals surface area contributed by atoms with E-state index < -0.39 is 0 Å². The Balaban J connectivity index is 2.77. The molecule has 1 aromatic heterocycles. The van der Waals surface area contributed by atoms with Crippen molar-refractivity contribution in [1.29, 1.82) is 0 Å². The zero-order valence-corrected chi connectivity index (χ0v) is 11.7. The predicted octanol–water partition coefficient (Wildman–Crippen LogP) is 0.202. The molecule has 1 aromatic rings. The minimum Gasteiger partial charge on any atom is -0.464 e. The lowest BCUT2D eigenvalue weighted by Gasteiger charge is -2.12. The van der Waals surface area contributed by atoms with Crippen molar-refractivity contribution in [3.63, 3.8) is 0 Å². The molecule has 0 unspecified atom stereocenters. The van der Waals surface area contributed by atoms with E-state index in [2.05, 4.69) is 25.6 Å². The summed E-state index contributed by atoms with van der Waals surface area (Å²) in [6, 6.07) is 0.230. The molecule has 8 nitrogen and oxygen atoms in total. The van der Waals surface area contributed by atoms with Gasteiger partial charge in [0.05, 0.1) is 13.2 Å². The quantitative estimate of drug-likeness (QED) is 0.729. The van der Waals surface area contributed by atoms with Gasteiger partial charge >= 0.3 is 6.01 Å². The zero-order valence-electron chi connectivity index (χ0n) is 11.7. The maximum Gasteiger partial charge on any atom is 0.323 e. The first-order valence-corrected chi connectivity index (χ1v) is 6.13. The third-order valence-corrected chi connectivity index (χ3v) is 2.12. The Bertz CT molecular complexity index is 399. The number of carbonyl (C=O) groups is 1. The van der Waals surface area contributed by atoms with Crippen molar-refractivity contribution >= 4 is 17.8 Å². The van der Waals surface area contributed by atoms with Gasteiger partial charge in [-0.1, -0.05) is 0 Å². The van der Waals surface area contributed by atoms with Crippen LogP contribution in [0.2, 0.25) is 0 Å². The Morgan fingerprint density at radius 1 is 1.16 bits per heavy atom. The van der Waals surface area contributed by atoms with Crippen LogP contribution in [0.3, 0.4) is 0 Å². The highest BCUT2D eigenvalue weighted by Gasteiger charge is 2.09. The maximum absolute atomic E-state index is 11.5. The summed E-state index contributed by atoms with van der Waals surface area (Å²) in [4.78, 5) is 25.3. The fourth-order valence-corrected chi connectivity index (χ4v) is 1.18. The molecule has 0 bridgehead atoms. The molecule has 106 valence electrons. The smallest absolute Gasteiger partial charge is 0.323 e. The molecule has 0 aromatic carbocycles. The van der Waals surface area contributed by atoms with Crippen molar-refractivity contribution in [2.24, 2.45) is 0 Å². The highest BCUT2D eigenvalue weighted by atomic mass is 16.5. The van der Waals surface area contributed by atoms with Gasteiger partial charge in [0.1, 0.15) is 0 Å². The van der Waals surface area contributed by atoms with Gasteiger partial charge in [0, 0.05) is 20.6 Å². The second-order valence-electron chi connectivity index (χ2n) is 3.87.